The minimum absolute atomic E-state index is 0.295. The van der Waals surface area contributed by atoms with Crippen LogP contribution in [0, 0.1) is 0 Å². The van der Waals surface area contributed by atoms with Crippen molar-refractivity contribution in [2.45, 2.75) is 31.1 Å². The lowest BCUT2D eigenvalue weighted by molar-refractivity contribution is 0.667. The van der Waals surface area contributed by atoms with Crippen LogP contribution in [0.3, 0.4) is 0 Å². The van der Waals surface area contributed by atoms with Crippen molar-refractivity contribution in [2.75, 3.05) is 6.26 Å². The Labute approximate surface area is 85.8 Å². The average Bonchev–Trinajstić information content (AvgIpc) is 2.12. The Morgan fingerprint density at radius 2 is 2.31 bits per heavy atom. The normalized spacial score (nSPS) is 11.8. The highest BCUT2D eigenvalue weighted by molar-refractivity contribution is 7.99. The molecule has 2 N–H and O–H groups in total. The molecule has 1 nitrogen and oxygen atoms in total. The van der Waals surface area contributed by atoms with Gasteiger partial charge in [0, 0.05) is 0 Å². The number of nitrogens with two attached hydrogens (primary N) is 1. The Morgan fingerprint density at radius 3 is 2.85 bits per heavy atom. The molecule has 0 rings (SSSR count). The van der Waals surface area contributed by atoms with Gasteiger partial charge in [-0.25, -0.2) is 0 Å². The molecule has 0 radical (unpaired) electrons. The van der Waals surface area contributed by atoms with Gasteiger partial charge in [0.05, 0.1) is 5.37 Å². The highest BCUT2D eigenvalue weighted by Crippen LogP contribution is 2.12. The van der Waals surface area contributed by atoms with Gasteiger partial charge in [-0.2, -0.15) is 0 Å². The summed E-state index contributed by atoms with van der Waals surface area (Å²) in [6.07, 6.45) is 8.34. The maximum atomic E-state index is 5.76. The molecular weight excluding hydrogens is 178 g/mol. The predicted molar refractivity (Wildman–Crippen MR) is 62.8 cm³/mol. The van der Waals surface area contributed by atoms with Crippen molar-refractivity contribution in [3.63, 3.8) is 0 Å². The van der Waals surface area contributed by atoms with Gasteiger partial charge in [-0.3, -0.25) is 0 Å². The third-order valence-electron chi connectivity index (χ3n) is 1.85. The SMILES string of the molecule is C=C=CC(=C)CCCCC(N)SC. The van der Waals surface area contributed by atoms with Gasteiger partial charge < -0.3 is 5.73 Å². The number of allylic oxidation sites excluding steroid dienone is 2. The first-order valence-corrected chi connectivity index (χ1v) is 5.81. The summed E-state index contributed by atoms with van der Waals surface area (Å²) in [5.41, 5.74) is 9.59. The fourth-order valence-corrected chi connectivity index (χ4v) is 1.43. The highest BCUT2D eigenvalue weighted by atomic mass is 32.2. The Balaban J connectivity index is 3.35. The van der Waals surface area contributed by atoms with Crippen LogP contribution >= 0.6 is 11.8 Å². The van der Waals surface area contributed by atoms with Crippen molar-refractivity contribution in [3.8, 4) is 0 Å². The van der Waals surface area contributed by atoms with Gasteiger partial charge in [-0.15, -0.1) is 17.5 Å². The van der Waals surface area contributed by atoms with Crippen LogP contribution in [-0.2, 0) is 0 Å². The van der Waals surface area contributed by atoms with Crippen LogP contribution in [0.25, 0.3) is 0 Å². The summed E-state index contributed by atoms with van der Waals surface area (Å²) in [5, 5.41) is 0.295. The Kier molecular flexibility index (Phi) is 7.91. The molecule has 74 valence electrons. The number of rotatable bonds is 7. The molecule has 0 saturated heterocycles. The van der Waals surface area contributed by atoms with Gasteiger partial charge in [0.1, 0.15) is 0 Å². The number of hydrogen-bond donors (Lipinski definition) is 1. The zero-order valence-electron chi connectivity index (χ0n) is 8.38. The van der Waals surface area contributed by atoms with Crippen molar-refractivity contribution < 1.29 is 0 Å². The van der Waals surface area contributed by atoms with Crippen LogP contribution < -0.4 is 5.73 Å². The van der Waals surface area contributed by atoms with Crippen molar-refractivity contribution in [2.24, 2.45) is 5.73 Å². The lowest BCUT2D eigenvalue weighted by Crippen LogP contribution is -2.13. The standard InChI is InChI=1S/C11H19NS/c1-4-7-10(2)8-5-6-9-11(12)13-3/h7,11H,1-2,5-6,8-9,12H2,3H3. The summed E-state index contributed by atoms with van der Waals surface area (Å²) < 4.78 is 0. The summed E-state index contributed by atoms with van der Waals surface area (Å²) in [4.78, 5) is 0. The van der Waals surface area contributed by atoms with E-state index in [4.69, 9.17) is 5.73 Å². The molecule has 0 aromatic rings. The first-order chi connectivity index (χ1) is 6.20. The number of hydrogen-bond acceptors (Lipinski definition) is 2. The fraction of sp³-hybridized carbons (Fsp3) is 0.545. The molecule has 0 heterocycles. The van der Waals surface area contributed by atoms with Crippen molar-refractivity contribution in [1.82, 2.24) is 0 Å². The molecule has 1 unspecified atom stereocenters. The van der Waals surface area contributed by atoms with E-state index in [2.05, 4.69) is 18.9 Å². The van der Waals surface area contributed by atoms with Gasteiger partial charge in [-0.1, -0.05) is 19.6 Å². The van der Waals surface area contributed by atoms with E-state index >= 15 is 0 Å². The van der Waals surface area contributed by atoms with Crippen LogP contribution in [-0.4, -0.2) is 11.6 Å². The summed E-state index contributed by atoms with van der Waals surface area (Å²) in [7, 11) is 0. The molecule has 0 fully saturated rings. The van der Waals surface area contributed by atoms with E-state index in [9.17, 15) is 0 Å². The second-order valence-corrected chi connectivity index (χ2v) is 4.10. The smallest absolute Gasteiger partial charge is 0.0504 e. The van der Waals surface area contributed by atoms with Gasteiger partial charge >= 0.3 is 0 Å². The molecule has 0 amide bonds. The largest absolute Gasteiger partial charge is 0.319 e. The van der Waals surface area contributed by atoms with Gasteiger partial charge in [0.2, 0.25) is 0 Å². The second kappa shape index (κ2) is 8.18. The van der Waals surface area contributed by atoms with Crippen LogP contribution in [0.5, 0.6) is 0 Å². The Bertz CT molecular complexity index is 192. The molecule has 0 bridgehead atoms. The zero-order valence-corrected chi connectivity index (χ0v) is 9.20. The van der Waals surface area contributed by atoms with E-state index in [1.807, 2.05) is 12.3 Å². The van der Waals surface area contributed by atoms with Gasteiger partial charge in [0.15, 0.2) is 0 Å². The highest BCUT2D eigenvalue weighted by Gasteiger charge is 1.98. The maximum absolute atomic E-state index is 5.76. The molecule has 0 aromatic heterocycles. The maximum Gasteiger partial charge on any atom is 0.0504 e. The zero-order chi connectivity index (χ0) is 10.1. The van der Waals surface area contributed by atoms with E-state index in [1.54, 1.807) is 11.8 Å². The van der Waals surface area contributed by atoms with E-state index in [0.29, 0.717) is 5.37 Å². The van der Waals surface area contributed by atoms with Crippen molar-refractivity contribution >= 4 is 11.8 Å². The summed E-state index contributed by atoms with van der Waals surface area (Å²) in [6.45, 7) is 7.39. The molecule has 1 atom stereocenters. The van der Waals surface area contributed by atoms with Crippen LogP contribution in [0.4, 0.5) is 0 Å². The summed E-state index contributed by atoms with van der Waals surface area (Å²) in [6, 6.07) is 0. The van der Waals surface area contributed by atoms with Crippen LogP contribution in [0.1, 0.15) is 25.7 Å². The molecule has 0 aromatic carbocycles. The van der Waals surface area contributed by atoms with E-state index in [-0.39, 0.29) is 0 Å². The van der Waals surface area contributed by atoms with Gasteiger partial charge in [-0.05, 0) is 37.2 Å². The molecular formula is C11H19NS. The molecule has 0 aliphatic rings. The number of thioether (sulfide) groups is 1. The molecule has 13 heavy (non-hydrogen) atoms. The van der Waals surface area contributed by atoms with E-state index in [0.717, 1.165) is 24.8 Å². The molecule has 2 heteroatoms. The van der Waals surface area contributed by atoms with Crippen molar-refractivity contribution in [3.05, 3.63) is 30.5 Å². The first-order valence-electron chi connectivity index (χ1n) is 4.52. The minimum Gasteiger partial charge on any atom is -0.319 e. The lowest BCUT2D eigenvalue weighted by atomic mass is 10.1. The second-order valence-electron chi connectivity index (χ2n) is 3.03. The quantitative estimate of drug-likeness (QED) is 0.294. The van der Waals surface area contributed by atoms with E-state index < -0.39 is 0 Å². The molecule has 0 aliphatic carbocycles. The van der Waals surface area contributed by atoms with Crippen LogP contribution in [0.15, 0.2) is 30.5 Å². The molecule has 0 spiro atoms. The fourth-order valence-electron chi connectivity index (χ4n) is 1.03. The minimum atomic E-state index is 0.295. The third-order valence-corrected chi connectivity index (χ3v) is 2.69. The average molecular weight is 197 g/mol. The Morgan fingerprint density at radius 1 is 1.62 bits per heavy atom. The lowest BCUT2D eigenvalue weighted by Gasteiger charge is -2.06. The monoisotopic (exact) mass is 197 g/mol. The topological polar surface area (TPSA) is 26.0 Å². The predicted octanol–water partition coefficient (Wildman–Crippen LogP) is 3.09. The Hall–Kier alpha value is -0.430. The van der Waals surface area contributed by atoms with Gasteiger partial charge in [0.25, 0.3) is 0 Å². The first kappa shape index (κ1) is 12.6. The van der Waals surface area contributed by atoms with Crippen LogP contribution in [0.2, 0.25) is 0 Å². The third kappa shape index (κ3) is 7.92. The summed E-state index contributed by atoms with van der Waals surface area (Å²) >= 11 is 1.72. The van der Waals surface area contributed by atoms with E-state index in [1.165, 1.54) is 6.42 Å². The molecule has 0 aliphatic heterocycles. The summed E-state index contributed by atoms with van der Waals surface area (Å²) in [5.74, 6) is 0. The van der Waals surface area contributed by atoms with Crippen molar-refractivity contribution in [1.29, 1.82) is 0 Å². The number of unbranched alkanes of at least 4 members (excludes halogenated alkanes) is 1. The molecule has 0 saturated carbocycles.